The van der Waals surface area contributed by atoms with Gasteiger partial charge in [0, 0.05) is 32.9 Å². The summed E-state index contributed by atoms with van der Waals surface area (Å²) in [5.41, 5.74) is 8.35. The van der Waals surface area contributed by atoms with Gasteiger partial charge < -0.3 is 13.7 Å². The SMILES string of the molecule is CC1(C)OB(c2c(-c3ccc(-c4nc(-c5ccccc5)cc(-c5ccccc5)n4)cc3)ccc3c2oc2ccccc23)OC1(C)C. The molecule has 1 fully saturated rings. The number of rotatable bonds is 5. The number of aromatic nitrogens is 2. The fourth-order valence-electron chi connectivity index (χ4n) is 6.15. The Morgan fingerprint density at radius 3 is 1.67 bits per heavy atom. The monoisotopic (exact) mass is 600 g/mol. The first-order valence-corrected chi connectivity index (χ1v) is 15.7. The van der Waals surface area contributed by atoms with E-state index in [1.165, 1.54) is 0 Å². The lowest BCUT2D eigenvalue weighted by molar-refractivity contribution is 0.00578. The second-order valence-corrected chi connectivity index (χ2v) is 12.9. The van der Waals surface area contributed by atoms with Crippen molar-refractivity contribution in [2.24, 2.45) is 0 Å². The molecule has 46 heavy (non-hydrogen) atoms. The maximum atomic E-state index is 6.62. The highest BCUT2D eigenvalue weighted by atomic mass is 16.7. The molecular formula is C40H33BN2O3. The summed E-state index contributed by atoms with van der Waals surface area (Å²) >= 11 is 0. The van der Waals surface area contributed by atoms with Gasteiger partial charge in [0.15, 0.2) is 5.82 Å². The predicted molar refractivity (Wildman–Crippen MR) is 187 cm³/mol. The van der Waals surface area contributed by atoms with Crippen LogP contribution in [-0.2, 0) is 9.31 Å². The van der Waals surface area contributed by atoms with Crippen molar-refractivity contribution in [1.82, 2.24) is 9.97 Å². The average Bonchev–Trinajstić information content (AvgIpc) is 3.57. The summed E-state index contributed by atoms with van der Waals surface area (Å²) in [6.07, 6.45) is 0. The van der Waals surface area contributed by atoms with Gasteiger partial charge in [0.2, 0.25) is 0 Å². The fraction of sp³-hybridized carbons (Fsp3) is 0.150. The van der Waals surface area contributed by atoms with E-state index in [1.807, 2.05) is 54.6 Å². The molecule has 0 unspecified atom stereocenters. The molecule has 0 bridgehead atoms. The molecule has 1 aliphatic rings. The first-order chi connectivity index (χ1) is 22.3. The highest BCUT2D eigenvalue weighted by Crippen LogP contribution is 2.40. The molecule has 0 spiro atoms. The van der Waals surface area contributed by atoms with Crippen LogP contribution in [0.25, 0.3) is 67.0 Å². The lowest BCUT2D eigenvalue weighted by Crippen LogP contribution is -2.41. The maximum absolute atomic E-state index is 6.62. The molecule has 1 aliphatic heterocycles. The van der Waals surface area contributed by atoms with Crippen LogP contribution < -0.4 is 5.46 Å². The standard InChI is InChI=1S/C40H33BN2O3/c1-39(2)40(3,4)46-41(45-39)36-30(23-24-32-31-17-11-12-18-35(31)44-37(32)36)26-19-21-29(22-20-26)38-42-33(27-13-7-5-8-14-27)25-34(43-38)28-15-9-6-10-16-28/h5-25H,1-4H3. The summed E-state index contributed by atoms with van der Waals surface area (Å²) in [6, 6.07) is 43.4. The molecule has 0 saturated carbocycles. The molecule has 6 heteroatoms. The Bertz CT molecular complexity index is 2130. The van der Waals surface area contributed by atoms with Gasteiger partial charge in [0.1, 0.15) is 11.2 Å². The van der Waals surface area contributed by atoms with Gasteiger partial charge in [-0.25, -0.2) is 9.97 Å². The lowest BCUT2D eigenvalue weighted by Gasteiger charge is -2.32. The van der Waals surface area contributed by atoms with Crippen molar-refractivity contribution in [3.8, 4) is 45.0 Å². The number of furan rings is 1. The third-order valence-corrected chi connectivity index (χ3v) is 9.39. The molecule has 0 radical (unpaired) electrons. The maximum Gasteiger partial charge on any atom is 0.499 e. The van der Waals surface area contributed by atoms with Crippen LogP contribution in [-0.4, -0.2) is 28.3 Å². The molecule has 8 rings (SSSR count). The van der Waals surface area contributed by atoms with Crippen molar-refractivity contribution >= 4 is 34.5 Å². The minimum atomic E-state index is -0.594. The summed E-state index contributed by atoms with van der Waals surface area (Å²) in [6.45, 7) is 8.31. The molecule has 5 aromatic carbocycles. The van der Waals surface area contributed by atoms with E-state index in [2.05, 4.69) is 100 Å². The van der Waals surface area contributed by atoms with Crippen LogP contribution in [0.5, 0.6) is 0 Å². The first-order valence-electron chi connectivity index (χ1n) is 15.7. The molecular weight excluding hydrogens is 567 g/mol. The Labute approximate surface area is 269 Å². The zero-order valence-corrected chi connectivity index (χ0v) is 26.3. The summed E-state index contributed by atoms with van der Waals surface area (Å²) < 4.78 is 19.8. The van der Waals surface area contributed by atoms with E-state index in [9.17, 15) is 0 Å². The van der Waals surface area contributed by atoms with Crippen molar-refractivity contribution in [2.45, 2.75) is 38.9 Å². The Morgan fingerprint density at radius 1 is 0.522 bits per heavy atom. The van der Waals surface area contributed by atoms with Crippen LogP contribution in [0.1, 0.15) is 27.7 Å². The Balaban J connectivity index is 1.25. The molecule has 0 atom stereocenters. The Morgan fingerprint density at radius 2 is 1.07 bits per heavy atom. The summed E-state index contributed by atoms with van der Waals surface area (Å²) in [7, 11) is -0.594. The average molecular weight is 601 g/mol. The summed E-state index contributed by atoms with van der Waals surface area (Å²) in [4.78, 5) is 10.0. The number of benzene rings is 5. The molecule has 224 valence electrons. The zero-order valence-electron chi connectivity index (χ0n) is 26.3. The minimum Gasteiger partial charge on any atom is -0.456 e. The highest BCUT2D eigenvalue weighted by Gasteiger charge is 2.53. The van der Waals surface area contributed by atoms with Crippen LogP contribution in [0.3, 0.4) is 0 Å². The molecule has 0 amide bonds. The second kappa shape index (κ2) is 10.8. The highest BCUT2D eigenvalue weighted by molar-refractivity contribution is 6.67. The Kier molecular flexibility index (Phi) is 6.68. The van der Waals surface area contributed by atoms with Crippen LogP contribution >= 0.6 is 0 Å². The lowest BCUT2D eigenvalue weighted by atomic mass is 9.73. The number of nitrogens with zero attached hydrogens (tertiary/aromatic N) is 2. The van der Waals surface area contributed by atoms with Crippen molar-refractivity contribution in [3.05, 3.63) is 127 Å². The van der Waals surface area contributed by atoms with Crippen LogP contribution in [0, 0.1) is 0 Å². The van der Waals surface area contributed by atoms with Crippen LogP contribution in [0.4, 0.5) is 0 Å². The van der Waals surface area contributed by atoms with Gasteiger partial charge in [-0.05, 0) is 57.0 Å². The third-order valence-electron chi connectivity index (χ3n) is 9.39. The number of hydrogen-bond donors (Lipinski definition) is 0. The van der Waals surface area contributed by atoms with Gasteiger partial charge in [0.25, 0.3) is 0 Å². The van der Waals surface area contributed by atoms with Gasteiger partial charge in [-0.1, -0.05) is 109 Å². The van der Waals surface area contributed by atoms with E-state index in [-0.39, 0.29) is 0 Å². The molecule has 0 N–H and O–H groups in total. The largest absolute Gasteiger partial charge is 0.499 e. The van der Waals surface area contributed by atoms with E-state index >= 15 is 0 Å². The van der Waals surface area contributed by atoms with E-state index in [4.69, 9.17) is 23.7 Å². The number of hydrogen-bond acceptors (Lipinski definition) is 5. The molecule has 0 aliphatic carbocycles. The molecule has 2 aromatic heterocycles. The molecule has 5 nitrogen and oxygen atoms in total. The van der Waals surface area contributed by atoms with Crippen LogP contribution in [0.15, 0.2) is 132 Å². The molecule has 1 saturated heterocycles. The molecule has 3 heterocycles. The third kappa shape index (κ3) is 4.82. The summed E-state index contributed by atoms with van der Waals surface area (Å²) in [5.74, 6) is 0.672. The number of para-hydroxylation sites is 1. The van der Waals surface area contributed by atoms with Crippen molar-refractivity contribution in [1.29, 1.82) is 0 Å². The topological polar surface area (TPSA) is 57.4 Å². The van der Waals surface area contributed by atoms with E-state index in [0.717, 1.165) is 66.6 Å². The van der Waals surface area contributed by atoms with Gasteiger partial charge in [-0.2, -0.15) is 0 Å². The molecule has 7 aromatic rings. The normalized spacial score (nSPS) is 15.5. The van der Waals surface area contributed by atoms with E-state index in [0.29, 0.717) is 5.82 Å². The number of fused-ring (bicyclic) bond motifs is 3. The zero-order chi connectivity index (χ0) is 31.5. The van der Waals surface area contributed by atoms with Gasteiger partial charge in [-0.3, -0.25) is 0 Å². The Hall–Kier alpha value is -5.04. The smallest absolute Gasteiger partial charge is 0.456 e. The second-order valence-electron chi connectivity index (χ2n) is 12.9. The van der Waals surface area contributed by atoms with Gasteiger partial charge >= 0.3 is 7.12 Å². The minimum absolute atomic E-state index is 0.495. The van der Waals surface area contributed by atoms with Crippen molar-refractivity contribution in [3.63, 3.8) is 0 Å². The first kappa shape index (κ1) is 28.4. The van der Waals surface area contributed by atoms with E-state index < -0.39 is 18.3 Å². The predicted octanol–water partition coefficient (Wildman–Crippen LogP) is 9.34. The van der Waals surface area contributed by atoms with Crippen molar-refractivity contribution in [2.75, 3.05) is 0 Å². The van der Waals surface area contributed by atoms with E-state index in [1.54, 1.807) is 0 Å². The van der Waals surface area contributed by atoms with Crippen molar-refractivity contribution < 1.29 is 13.7 Å². The van der Waals surface area contributed by atoms with Gasteiger partial charge in [0.05, 0.1) is 22.6 Å². The fourth-order valence-corrected chi connectivity index (χ4v) is 6.15. The van der Waals surface area contributed by atoms with Gasteiger partial charge in [-0.15, -0.1) is 0 Å². The van der Waals surface area contributed by atoms with Crippen LogP contribution in [0.2, 0.25) is 0 Å². The quantitative estimate of drug-likeness (QED) is 0.184. The summed E-state index contributed by atoms with van der Waals surface area (Å²) in [5, 5.41) is 2.11.